The zero-order chi connectivity index (χ0) is 12.5. The van der Waals surface area contributed by atoms with Crippen molar-refractivity contribution in [3.63, 3.8) is 0 Å². The van der Waals surface area contributed by atoms with E-state index in [0.29, 0.717) is 4.83 Å². The molecule has 0 N–H and O–H groups in total. The topological polar surface area (TPSA) is 0 Å². The van der Waals surface area contributed by atoms with Gasteiger partial charge in [-0.1, -0.05) is 36.7 Å². The zero-order valence-corrected chi connectivity index (χ0v) is 12.3. The molecule has 1 aromatic carbocycles. The highest BCUT2D eigenvalue weighted by Gasteiger charge is 2.20. The lowest BCUT2D eigenvalue weighted by Crippen LogP contribution is -2.10. The van der Waals surface area contributed by atoms with Gasteiger partial charge in [0.2, 0.25) is 0 Å². The highest BCUT2D eigenvalue weighted by Crippen LogP contribution is 2.38. The zero-order valence-electron chi connectivity index (χ0n) is 10.7. The van der Waals surface area contributed by atoms with Crippen molar-refractivity contribution in [2.75, 3.05) is 0 Å². The molecule has 0 spiro atoms. The molecular formula is C14H20BrF. The van der Waals surface area contributed by atoms with E-state index < -0.39 is 0 Å². The number of aryl methyl sites for hydroxylation is 2. The lowest BCUT2D eigenvalue weighted by molar-refractivity contribution is 0.376. The van der Waals surface area contributed by atoms with Gasteiger partial charge in [0.1, 0.15) is 5.82 Å². The second-order valence-corrected chi connectivity index (χ2v) is 6.79. The summed E-state index contributed by atoms with van der Waals surface area (Å²) in [6, 6.07) is 3.22. The summed E-state index contributed by atoms with van der Waals surface area (Å²) < 4.78 is 13.2. The van der Waals surface area contributed by atoms with Gasteiger partial charge in [0.05, 0.1) is 0 Å². The molecule has 0 saturated heterocycles. The molecule has 90 valence electrons. The first-order chi connectivity index (χ1) is 7.20. The van der Waals surface area contributed by atoms with Crippen molar-refractivity contribution < 1.29 is 4.39 Å². The van der Waals surface area contributed by atoms with Gasteiger partial charge in [0.25, 0.3) is 0 Å². The number of rotatable bonds is 2. The Morgan fingerprint density at radius 2 is 1.62 bits per heavy atom. The molecule has 0 aromatic heterocycles. The number of halogens is 2. The minimum absolute atomic E-state index is 0.144. The van der Waals surface area contributed by atoms with Gasteiger partial charge in [-0.25, -0.2) is 4.39 Å². The number of benzene rings is 1. The summed E-state index contributed by atoms with van der Waals surface area (Å²) in [5.74, 6) is -0.144. The molecule has 0 saturated carbocycles. The molecule has 1 unspecified atom stereocenters. The smallest absolute Gasteiger partial charge is 0.123 e. The summed E-state index contributed by atoms with van der Waals surface area (Å²) in [5, 5.41) is 0. The molecule has 0 nitrogen and oxygen atoms in total. The third kappa shape index (κ3) is 3.58. The van der Waals surface area contributed by atoms with Gasteiger partial charge in [-0.15, -0.1) is 0 Å². The van der Waals surface area contributed by atoms with Gasteiger partial charge in [-0.2, -0.15) is 0 Å². The number of hydrogen-bond acceptors (Lipinski definition) is 0. The Hall–Kier alpha value is -0.370. The Balaban J connectivity index is 3.04. The third-order valence-electron chi connectivity index (χ3n) is 2.66. The minimum atomic E-state index is -0.144. The summed E-state index contributed by atoms with van der Waals surface area (Å²) in [7, 11) is 0. The highest BCUT2D eigenvalue weighted by molar-refractivity contribution is 9.09. The molecule has 2 heteroatoms. The van der Waals surface area contributed by atoms with Crippen molar-refractivity contribution in [2.24, 2.45) is 5.41 Å². The molecule has 0 aliphatic heterocycles. The Morgan fingerprint density at radius 1 is 1.19 bits per heavy atom. The molecule has 0 aliphatic carbocycles. The van der Waals surface area contributed by atoms with E-state index in [1.807, 2.05) is 13.8 Å². The fraction of sp³-hybridized carbons (Fsp3) is 0.571. The van der Waals surface area contributed by atoms with Gasteiger partial charge in [0.15, 0.2) is 0 Å². The maximum absolute atomic E-state index is 13.2. The lowest BCUT2D eigenvalue weighted by Gasteiger charge is -2.24. The van der Waals surface area contributed by atoms with Crippen LogP contribution in [0, 0.1) is 25.1 Å². The average Bonchev–Trinajstić information content (AvgIpc) is 1.96. The van der Waals surface area contributed by atoms with Crippen LogP contribution in [0.3, 0.4) is 0 Å². The van der Waals surface area contributed by atoms with Crippen LogP contribution in [0.1, 0.15) is 48.7 Å². The van der Waals surface area contributed by atoms with Gasteiger partial charge in [-0.05, 0) is 54.5 Å². The van der Waals surface area contributed by atoms with Gasteiger partial charge >= 0.3 is 0 Å². The lowest BCUT2D eigenvalue weighted by atomic mass is 9.86. The Morgan fingerprint density at radius 3 is 2.00 bits per heavy atom. The Labute approximate surface area is 106 Å². The average molecular weight is 287 g/mol. The van der Waals surface area contributed by atoms with E-state index in [4.69, 9.17) is 0 Å². The largest absolute Gasteiger partial charge is 0.207 e. The van der Waals surface area contributed by atoms with Crippen molar-refractivity contribution in [1.29, 1.82) is 0 Å². The molecule has 16 heavy (non-hydrogen) atoms. The Bertz CT molecular complexity index is 354. The van der Waals surface area contributed by atoms with Crippen molar-refractivity contribution in [1.82, 2.24) is 0 Å². The van der Waals surface area contributed by atoms with Crippen molar-refractivity contribution in [2.45, 2.75) is 45.9 Å². The summed E-state index contributed by atoms with van der Waals surface area (Å²) >= 11 is 3.73. The van der Waals surface area contributed by atoms with E-state index in [1.165, 1.54) is 5.56 Å². The first kappa shape index (κ1) is 13.7. The van der Waals surface area contributed by atoms with E-state index in [-0.39, 0.29) is 11.2 Å². The molecule has 0 aliphatic rings. The van der Waals surface area contributed by atoms with Gasteiger partial charge < -0.3 is 0 Å². The fourth-order valence-corrected chi connectivity index (χ4v) is 3.75. The first-order valence-electron chi connectivity index (χ1n) is 5.61. The summed E-state index contributed by atoms with van der Waals surface area (Å²) in [6.45, 7) is 10.6. The molecule has 0 heterocycles. The summed E-state index contributed by atoms with van der Waals surface area (Å²) in [5.41, 5.74) is 3.56. The van der Waals surface area contributed by atoms with Crippen molar-refractivity contribution >= 4 is 15.9 Å². The van der Waals surface area contributed by atoms with E-state index in [1.54, 1.807) is 12.1 Å². The maximum Gasteiger partial charge on any atom is 0.123 e. The number of alkyl halides is 1. The first-order valence-corrected chi connectivity index (χ1v) is 6.53. The fourth-order valence-electron chi connectivity index (χ4n) is 2.06. The van der Waals surface area contributed by atoms with Crippen molar-refractivity contribution in [3.05, 3.63) is 34.6 Å². The normalized spacial score (nSPS) is 13.9. The van der Waals surface area contributed by atoms with Crippen LogP contribution in [0.5, 0.6) is 0 Å². The molecular weight excluding hydrogens is 267 g/mol. The second-order valence-electron chi connectivity index (χ2n) is 5.69. The van der Waals surface area contributed by atoms with Gasteiger partial charge in [-0.3, -0.25) is 0 Å². The highest BCUT2D eigenvalue weighted by atomic mass is 79.9. The van der Waals surface area contributed by atoms with E-state index >= 15 is 0 Å². The van der Waals surface area contributed by atoms with Crippen LogP contribution in [0.4, 0.5) is 4.39 Å². The SMILES string of the molecule is Cc1cc(F)cc(C)c1C(Br)CC(C)(C)C. The minimum Gasteiger partial charge on any atom is -0.207 e. The monoisotopic (exact) mass is 286 g/mol. The van der Waals surface area contributed by atoms with E-state index in [9.17, 15) is 4.39 Å². The molecule has 1 aromatic rings. The van der Waals surface area contributed by atoms with Crippen LogP contribution in [0.2, 0.25) is 0 Å². The predicted molar refractivity (Wildman–Crippen MR) is 71.6 cm³/mol. The van der Waals surface area contributed by atoms with Gasteiger partial charge in [0, 0.05) is 4.83 Å². The van der Waals surface area contributed by atoms with Crippen LogP contribution in [0.15, 0.2) is 12.1 Å². The van der Waals surface area contributed by atoms with E-state index in [2.05, 4.69) is 36.7 Å². The van der Waals surface area contributed by atoms with Crippen molar-refractivity contribution in [3.8, 4) is 0 Å². The van der Waals surface area contributed by atoms with E-state index in [0.717, 1.165) is 17.5 Å². The Kier molecular flexibility index (Phi) is 4.17. The standard InChI is InChI=1S/C14H20BrF/c1-9-6-11(16)7-10(2)13(9)12(15)8-14(3,4)5/h6-7,12H,8H2,1-5H3. The third-order valence-corrected chi connectivity index (χ3v) is 3.44. The molecule has 0 bridgehead atoms. The second kappa shape index (κ2) is 4.87. The number of hydrogen-bond donors (Lipinski definition) is 0. The quantitative estimate of drug-likeness (QED) is 0.646. The predicted octanol–water partition coefficient (Wildman–Crippen LogP) is 5.31. The summed E-state index contributed by atoms with van der Waals surface area (Å²) in [6.07, 6.45) is 1.04. The van der Waals surface area contributed by atoms with Crippen LogP contribution < -0.4 is 0 Å². The maximum atomic E-state index is 13.2. The van der Waals surface area contributed by atoms with Crippen LogP contribution in [-0.2, 0) is 0 Å². The van der Waals surface area contributed by atoms with Crippen LogP contribution >= 0.6 is 15.9 Å². The molecule has 0 fully saturated rings. The molecule has 0 radical (unpaired) electrons. The van der Waals surface area contributed by atoms with Crippen LogP contribution in [0.25, 0.3) is 0 Å². The molecule has 0 amide bonds. The van der Waals surface area contributed by atoms with Crippen LogP contribution in [-0.4, -0.2) is 0 Å². The summed E-state index contributed by atoms with van der Waals surface area (Å²) in [4.78, 5) is 0.299. The molecule has 1 atom stereocenters. The molecule has 1 rings (SSSR count).